The molecule has 0 aliphatic heterocycles. The van der Waals surface area contributed by atoms with E-state index in [4.69, 9.17) is 9.79 Å². The molecule has 0 heterocycles. The summed E-state index contributed by atoms with van der Waals surface area (Å²) in [5.41, 5.74) is 7.47. The smallest absolute Gasteiger partial charge is 0.358 e. The number of thioether (sulfide) groups is 1. The van der Waals surface area contributed by atoms with Gasteiger partial charge in [0.25, 0.3) is 0 Å². The van der Waals surface area contributed by atoms with Crippen molar-refractivity contribution in [2.75, 3.05) is 52.3 Å². The van der Waals surface area contributed by atoms with Gasteiger partial charge in [-0.2, -0.15) is 11.8 Å². The molecule has 0 aromatic heterocycles. The molecule has 0 aliphatic carbocycles. The van der Waals surface area contributed by atoms with Crippen molar-refractivity contribution in [1.82, 2.24) is 16.0 Å². The van der Waals surface area contributed by atoms with E-state index in [2.05, 4.69) is 44.8 Å². The minimum absolute atomic E-state index is 0.0200. The third-order valence-electron chi connectivity index (χ3n) is 4.49. The summed E-state index contributed by atoms with van der Waals surface area (Å²) < 4.78 is 14.3. The SMILES string of the molecule is C#C.CC.CC.CC.CC.CC.CC.CN[C@@H](CCCC[NH3+])C(C)=O.CN[C@@H](COP(=O)(O)O)C(C)=O.CN[C@@H](CSCC[NH3+])C(C)=O. The number of terminal acetylenes is 1. The maximum absolute atomic E-state index is 10.9. The zero-order valence-corrected chi connectivity index (χ0v) is 36.5. The summed E-state index contributed by atoms with van der Waals surface area (Å²) in [7, 11) is 0.690. The van der Waals surface area contributed by atoms with Crippen molar-refractivity contribution in [2.24, 2.45) is 0 Å². The summed E-state index contributed by atoms with van der Waals surface area (Å²) in [4.78, 5) is 49.1. The highest BCUT2D eigenvalue weighted by Gasteiger charge is 2.19. The largest absolute Gasteiger partial charge is 0.469 e. The van der Waals surface area contributed by atoms with E-state index in [0.717, 1.165) is 43.9 Å². The molecule has 0 rings (SSSR count). The van der Waals surface area contributed by atoms with Crippen LogP contribution in [0.5, 0.6) is 0 Å². The first-order valence-electron chi connectivity index (χ1n) is 17.5. The van der Waals surface area contributed by atoms with E-state index in [0.29, 0.717) is 0 Å². The topological polar surface area (TPSA) is 209 Å². The number of carbonyl (C=O) groups excluding carboxylic acids is 3. The van der Waals surface area contributed by atoms with Crippen molar-refractivity contribution in [3.05, 3.63) is 0 Å². The molecule has 14 heteroatoms. The number of rotatable bonds is 17. The van der Waals surface area contributed by atoms with Crippen LogP contribution in [0.4, 0.5) is 0 Å². The number of likely N-dealkylation sites (N-methyl/N-ethyl adjacent to an activating group) is 3. The lowest BCUT2D eigenvalue weighted by molar-refractivity contribution is -0.368. The summed E-state index contributed by atoms with van der Waals surface area (Å²) in [5, 5.41) is 8.52. The van der Waals surface area contributed by atoms with E-state index in [-0.39, 0.29) is 36.0 Å². The van der Waals surface area contributed by atoms with Crippen molar-refractivity contribution in [1.29, 1.82) is 0 Å². The van der Waals surface area contributed by atoms with Gasteiger partial charge in [-0.1, -0.05) is 83.1 Å². The first kappa shape index (κ1) is 72.5. The van der Waals surface area contributed by atoms with Gasteiger partial charge in [0, 0.05) is 11.5 Å². The van der Waals surface area contributed by atoms with Crippen LogP contribution in [0.2, 0.25) is 0 Å². The Kier molecular flexibility index (Phi) is 108. The molecular weight excluding hydrogens is 653 g/mol. The molecule has 0 bridgehead atoms. The average molecular weight is 740 g/mol. The van der Waals surface area contributed by atoms with Crippen LogP contribution in [-0.4, -0.2) is 97.6 Å². The Labute approximate surface area is 303 Å². The van der Waals surface area contributed by atoms with Gasteiger partial charge in [-0.05, 0) is 61.2 Å². The van der Waals surface area contributed by atoms with E-state index in [9.17, 15) is 18.9 Å². The highest BCUT2D eigenvalue weighted by Crippen LogP contribution is 2.35. The first-order valence-corrected chi connectivity index (χ1v) is 20.2. The Hall–Kier alpha value is -1.17. The highest BCUT2D eigenvalue weighted by atomic mass is 32.2. The van der Waals surface area contributed by atoms with Gasteiger partial charge in [-0.15, -0.1) is 12.8 Å². The number of hydrogen-bond acceptors (Lipinski definition) is 9. The van der Waals surface area contributed by atoms with E-state index in [1.54, 1.807) is 25.6 Å². The van der Waals surface area contributed by atoms with E-state index in [1.807, 2.05) is 97.2 Å². The van der Waals surface area contributed by atoms with Gasteiger partial charge in [-0.25, -0.2) is 4.57 Å². The molecule has 0 fully saturated rings. The minimum Gasteiger partial charge on any atom is -0.358 e. The Balaban J connectivity index is -0.0000000474. The maximum Gasteiger partial charge on any atom is 0.469 e. The Morgan fingerprint density at radius 1 is 0.667 bits per heavy atom. The van der Waals surface area contributed by atoms with Crippen molar-refractivity contribution in [3.8, 4) is 12.8 Å². The summed E-state index contributed by atoms with van der Waals surface area (Å²) >= 11 is 1.77. The number of carbonyl (C=O) groups is 3. The fourth-order valence-corrected chi connectivity index (χ4v) is 3.71. The molecule has 0 saturated carbocycles. The summed E-state index contributed by atoms with van der Waals surface area (Å²) in [5.74, 6) is 2.11. The molecule has 0 aliphatic rings. The Morgan fingerprint density at radius 3 is 1.23 bits per heavy atom. The molecule has 0 saturated heterocycles. The highest BCUT2D eigenvalue weighted by molar-refractivity contribution is 7.99. The number of hydrogen-bond donors (Lipinski definition) is 7. The van der Waals surface area contributed by atoms with E-state index < -0.39 is 13.9 Å². The lowest BCUT2D eigenvalue weighted by Crippen LogP contribution is -2.51. The maximum atomic E-state index is 10.9. The molecule has 48 heavy (non-hydrogen) atoms. The van der Waals surface area contributed by atoms with Gasteiger partial charge in [0.15, 0.2) is 0 Å². The van der Waals surface area contributed by atoms with Crippen molar-refractivity contribution < 1.29 is 44.7 Å². The number of quaternary nitrogens is 2. The molecule has 12 nitrogen and oxygen atoms in total. The molecule has 11 N–H and O–H groups in total. The van der Waals surface area contributed by atoms with Gasteiger partial charge in [0.05, 0.1) is 37.8 Å². The van der Waals surface area contributed by atoms with Crippen LogP contribution in [0.15, 0.2) is 0 Å². The molecule has 3 atom stereocenters. The summed E-state index contributed by atoms with van der Waals surface area (Å²) in [6.45, 7) is 30.1. The molecule has 0 spiro atoms. The second kappa shape index (κ2) is 71.7. The molecule has 0 unspecified atom stereocenters. The van der Waals surface area contributed by atoms with Crippen LogP contribution >= 0.6 is 19.6 Å². The number of Topliss-reactive ketones (excluding diaryl/α,β-unsaturated/α-hetero) is 3. The number of phosphoric ester groups is 1. The Morgan fingerprint density at radius 2 is 1.00 bits per heavy atom. The van der Waals surface area contributed by atoms with Crippen LogP contribution in [-0.2, 0) is 23.5 Å². The van der Waals surface area contributed by atoms with Gasteiger partial charge in [0.2, 0.25) is 0 Å². The summed E-state index contributed by atoms with van der Waals surface area (Å²) in [6, 6.07) is -0.592. The Bertz CT molecular complexity index is 614. The van der Waals surface area contributed by atoms with Crippen molar-refractivity contribution in [2.45, 2.75) is 141 Å². The van der Waals surface area contributed by atoms with E-state index in [1.165, 1.54) is 14.0 Å². The average Bonchev–Trinajstić information content (AvgIpc) is 3.11. The second-order valence-electron chi connectivity index (χ2n) is 7.42. The quantitative estimate of drug-likeness (QED) is 0.0632. The van der Waals surface area contributed by atoms with Crippen LogP contribution < -0.4 is 27.4 Å². The fourth-order valence-electron chi connectivity index (χ4n) is 2.36. The van der Waals surface area contributed by atoms with Gasteiger partial charge in [0.1, 0.15) is 17.3 Å². The van der Waals surface area contributed by atoms with Crippen molar-refractivity contribution in [3.63, 3.8) is 0 Å². The number of unbranched alkanes of at least 4 members (excludes halogenated alkanes) is 1. The van der Waals surface area contributed by atoms with Crippen LogP contribution in [0, 0.1) is 12.8 Å². The standard InChI is InChI=1S/C8H18N2O.C7H16N2OS.C5H12NO5P.6C2H6.C2H2/c1-7(11)8(10-2)5-3-4-6-9;1-6(10)7(9-2)5-11-4-3-8;1-4(7)5(6-2)3-11-12(8,9)10;7*1-2/h8,10H,3-6,9H2,1-2H3;7,9H,3-5,8H2,1-2H3;5-6H,3H2,1-2H3,(H2,8,9,10);6*1-2H3;1-2H/p+2/t8-;7-;5-;;;;;;;/m000......./s1. The van der Waals surface area contributed by atoms with E-state index >= 15 is 0 Å². The zero-order chi connectivity index (χ0) is 41.2. The third kappa shape index (κ3) is 79.9. The zero-order valence-electron chi connectivity index (χ0n) is 34.7. The number of ketones is 3. The van der Waals surface area contributed by atoms with Gasteiger partial charge < -0.3 is 37.2 Å². The first-order chi connectivity index (χ1) is 22.8. The second-order valence-corrected chi connectivity index (χ2v) is 9.81. The number of phosphoric acid groups is 1. The lowest BCUT2D eigenvalue weighted by Gasteiger charge is -2.12. The number of nitrogens with one attached hydrogen (secondary N) is 3. The van der Waals surface area contributed by atoms with Gasteiger partial charge in [-0.3, -0.25) is 18.9 Å². The monoisotopic (exact) mass is 740 g/mol. The normalized spacial score (nSPS) is 10.3. The van der Waals surface area contributed by atoms with Gasteiger partial charge >= 0.3 is 7.82 Å². The predicted molar refractivity (Wildman–Crippen MR) is 213 cm³/mol. The summed E-state index contributed by atoms with van der Waals surface area (Å²) in [6.07, 6.45) is 11.2. The molecule has 0 radical (unpaired) electrons. The third-order valence-corrected chi connectivity index (χ3v) is 6.12. The molecule has 0 amide bonds. The molecule has 298 valence electrons. The van der Waals surface area contributed by atoms with Crippen LogP contribution in [0.25, 0.3) is 0 Å². The van der Waals surface area contributed by atoms with Crippen LogP contribution in [0.1, 0.15) is 123 Å². The lowest BCUT2D eigenvalue weighted by atomic mass is 10.1. The van der Waals surface area contributed by atoms with Crippen molar-refractivity contribution >= 4 is 36.9 Å². The minimum atomic E-state index is -4.46. The molecular formula is C34H86N5O7PS+2. The fraction of sp³-hybridized carbons (Fsp3) is 0.853. The predicted octanol–water partition coefficient (Wildman–Crippen LogP) is 4.39. The molecule has 0 aromatic carbocycles. The van der Waals surface area contributed by atoms with Crippen LogP contribution in [0.3, 0.4) is 0 Å². The molecule has 0 aromatic rings.